The first-order valence-corrected chi connectivity index (χ1v) is 8.84. The van der Waals surface area contributed by atoms with Gasteiger partial charge in [0, 0.05) is 10.8 Å². The van der Waals surface area contributed by atoms with Crippen LogP contribution in [0.3, 0.4) is 0 Å². The first-order chi connectivity index (χ1) is 10.7. The lowest BCUT2D eigenvalue weighted by atomic mass is 9.54. The van der Waals surface area contributed by atoms with Crippen molar-refractivity contribution in [1.29, 1.82) is 0 Å². The van der Waals surface area contributed by atoms with Crippen LogP contribution in [0.5, 0.6) is 0 Å². The average Bonchev–Trinajstić information content (AvgIpc) is 2.82. The predicted molar refractivity (Wildman–Crippen MR) is 91.7 cm³/mol. The summed E-state index contributed by atoms with van der Waals surface area (Å²) in [7, 11) is 0. The molecule has 0 saturated heterocycles. The van der Waals surface area contributed by atoms with Crippen LogP contribution >= 0.6 is 0 Å². The van der Waals surface area contributed by atoms with Crippen molar-refractivity contribution in [2.24, 2.45) is 22.7 Å². The molecule has 0 aromatic carbocycles. The number of fused-ring (bicyclic) bond motifs is 3. The van der Waals surface area contributed by atoms with Crippen LogP contribution in [-0.2, 0) is 0 Å². The van der Waals surface area contributed by atoms with E-state index in [1.54, 1.807) is 0 Å². The number of allylic oxidation sites excluding steroid dienone is 5. The third kappa shape index (κ3) is 2.36. The topological polar surface area (TPSA) is 60.7 Å². The molecule has 1 saturated carbocycles. The maximum absolute atomic E-state index is 10.9. The van der Waals surface area contributed by atoms with Crippen LogP contribution < -0.4 is 0 Å². The number of hydrogen-bond acceptors (Lipinski definition) is 3. The Morgan fingerprint density at radius 1 is 1.22 bits per heavy atom. The summed E-state index contributed by atoms with van der Waals surface area (Å²) in [5, 5.41) is 30.9. The van der Waals surface area contributed by atoms with E-state index in [0.717, 1.165) is 19.3 Å². The van der Waals surface area contributed by atoms with Gasteiger partial charge in [-0.15, -0.1) is 0 Å². The van der Waals surface area contributed by atoms with Gasteiger partial charge in [-0.05, 0) is 42.2 Å². The quantitative estimate of drug-likeness (QED) is 0.686. The molecule has 3 aliphatic carbocycles. The molecule has 5 unspecified atom stereocenters. The van der Waals surface area contributed by atoms with Crippen LogP contribution in [0.4, 0.5) is 0 Å². The predicted octanol–water partition coefficient (Wildman–Crippen LogP) is 2.98. The Morgan fingerprint density at radius 3 is 2.52 bits per heavy atom. The van der Waals surface area contributed by atoms with E-state index in [1.807, 2.05) is 6.08 Å². The number of rotatable bonds is 2. The summed E-state index contributed by atoms with van der Waals surface area (Å²) in [5.74, 6) is 0.666. The van der Waals surface area contributed by atoms with Crippen LogP contribution in [-0.4, -0.2) is 34.1 Å². The Hall–Kier alpha value is -0.900. The van der Waals surface area contributed by atoms with Gasteiger partial charge in [-0.2, -0.15) is 0 Å². The van der Waals surface area contributed by atoms with Crippen molar-refractivity contribution in [3.8, 4) is 0 Å². The Labute approximate surface area is 139 Å². The average molecular weight is 318 g/mol. The molecule has 3 heteroatoms. The molecule has 0 aromatic heterocycles. The van der Waals surface area contributed by atoms with Crippen molar-refractivity contribution >= 4 is 0 Å². The smallest absolute Gasteiger partial charge is 0.104 e. The van der Waals surface area contributed by atoms with Gasteiger partial charge in [0.1, 0.15) is 6.10 Å². The lowest BCUT2D eigenvalue weighted by Crippen LogP contribution is -2.50. The fourth-order valence-electron chi connectivity index (χ4n) is 4.99. The van der Waals surface area contributed by atoms with Crippen molar-refractivity contribution < 1.29 is 15.3 Å². The van der Waals surface area contributed by atoms with Gasteiger partial charge in [0.2, 0.25) is 0 Å². The summed E-state index contributed by atoms with van der Waals surface area (Å²) in [6.45, 7) is 8.68. The van der Waals surface area contributed by atoms with Crippen molar-refractivity contribution in [2.75, 3.05) is 6.61 Å². The summed E-state index contributed by atoms with van der Waals surface area (Å²) >= 11 is 0. The summed E-state index contributed by atoms with van der Waals surface area (Å²) in [6.07, 6.45) is 7.44. The van der Waals surface area contributed by atoms with Gasteiger partial charge in [0.15, 0.2) is 0 Å². The van der Waals surface area contributed by atoms with E-state index in [4.69, 9.17) is 0 Å². The first kappa shape index (κ1) is 16.9. The third-order valence-electron chi connectivity index (χ3n) is 6.66. The largest absolute Gasteiger partial charge is 0.392 e. The molecule has 0 spiro atoms. The van der Waals surface area contributed by atoms with E-state index >= 15 is 0 Å². The lowest BCUT2D eigenvalue weighted by Gasteiger charge is -2.51. The second kappa shape index (κ2) is 5.58. The standard InChI is InChI=1S/C20H30O3/c1-12(2)14-7-8-19(3)9-10-20(4)15(16(14)19)6-5-13(11-21)17(22)18(20)23/h5,7-8,12,15,17-18,21-23H,6,9-11H2,1-4H3. The summed E-state index contributed by atoms with van der Waals surface area (Å²) in [6, 6.07) is 0. The molecular formula is C20H30O3. The van der Waals surface area contributed by atoms with Crippen LogP contribution in [0.25, 0.3) is 0 Å². The summed E-state index contributed by atoms with van der Waals surface area (Å²) < 4.78 is 0. The number of aliphatic hydroxyl groups is 3. The van der Waals surface area contributed by atoms with Crippen LogP contribution in [0.1, 0.15) is 47.0 Å². The Morgan fingerprint density at radius 2 is 1.91 bits per heavy atom. The monoisotopic (exact) mass is 318 g/mol. The molecule has 0 heterocycles. The zero-order valence-electron chi connectivity index (χ0n) is 14.7. The van der Waals surface area contributed by atoms with E-state index < -0.39 is 12.2 Å². The van der Waals surface area contributed by atoms with Gasteiger partial charge in [0.05, 0.1) is 12.7 Å². The van der Waals surface area contributed by atoms with Crippen molar-refractivity contribution in [3.05, 3.63) is 34.9 Å². The molecule has 3 aliphatic rings. The highest BCUT2D eigenvalue weighted by Gasteiger charge is 2.54. The Balaban J connectivity index is 2.12. The fourth-order valence-corrected chi connectivity index (χ4v) is 4.99. The molecule has 23 heavy (non-hydrogen) atoms. The lowest BCUT2D eigenvalue weighted by molar-refractivity contribution is -0.0801. The summed E-state index contributed by atoms with van der Waals surface area (Å²) in [4.78, 5) is 0. The first-order valence-electron chi connectivity index (χ1n) is 8.84. The minimum absolute atomic E-state index is 0.0754. The van der Waals surface area contributed by atoms with E-state index in [1.165, 1.54) is 11.1 Å². The molecule has 1 fully saturated rings. The van der Waals surface area contributed by atoms with Crippen LogP contribution in [0, 0.1) is 22.7 Å². The summed E-state index contributed by atoms with van der Waals surface area (Å²) in [5.41, 5.74) is 3.13. The SMILES string of the molecule is CC(C)C1=C2C3CC=C(CO)C(O)C(O)C3(C)CCC2(C)C=C1. The Bertz CT molecular complexity index is 586. The minimum Gasteiger partial charge on any atom is -0.392 e. The highest BCUT2D eigenvalue weighted by atomic mass is 16.3. The molecule has 3 N–H and O–H groups in total. The molecule has 0 aliphatic heterocycles. The molecule has 0 aromatic rings. The van der Waals surface area contributed by atoms with Gasteiger partial charge in [0.25, 0.3) is 0 Å². The molecule has 128 valence electrons. The zero-order valence-corrected chi connectivity index (χ0v) is 14.7. The normalized spacial score (nSPS) is 43.3. The second-order valence-corrected chi connectivity index (χ2v) is 8.40. The number of hydrogen-bond donors (Lipinski definition) is 3. The van der Waals surface area contributed by atoms with E-state index in [9.17, 15) is 15.3 Å². The van der Waals surface area contributed by atoms with Crippen molar-refractivity contribution in [2.45, 2.75) is 59.2 Å². The van der Waals surface area contributed by atoms with E-state index in [0.29, 0.717) is 11.5 Å². The highest BCUT2D eigenvalue weighted by Crippen LogP contribution is 2.60. The maximum Gasteiger partial charge on any atom is 0.104 e. The molecule has 0 radical (unpaired) electrons. The molecular weight excluding hydrogens is 288 g/mol. The third-order valence-corrected chi connectivity index (χ3v) is 6.66. The highest BCUT2D eigenvalue weighted by molar-refractivity contribution is 5.46. The van der Waals surface area contributed by atoms with Gasteiger partial charge >= 0.3 is 0 Å². The fraction of sp³-hybridized carbons (Fsp3) is 0.700. The van der Waals surface area contributed by atoms with Crippen molar-refractivity contribution in [3.63, 3.8) is 0 Å². The van der Waals surface area contributed by atoms with Gasteiger partial charge in [-0.25, -0.2) is 0 Å². The zero-order chi connectivity index (χ0) is 17.0. The molecule has 0 bridgehead atoms. The minimum atomic E-state index is -0.961. The van der Waals surface area contributed by atoms with Crippen LogP contribution in [0.15, 0.2) is 34.9 Å². The van der Waals surface area contributed by atoms with Gasteiger partial charge in [-0.1, -0.05) is 51.5 Å². The van der Waals surface area contributed by atoms with Gasteiger partial charge < -0.3 is 15.3 Å². The van der Waals surface area contributed by atoms with E-state index in [2.05, 4.69) is 39.8 Å². The van der Waals surface area contributed by atoms with Crippen molar-refractivity contribution in [1.82, 2.24) is 0 Å². The van der Waals surface area contributed by atoms with Crippen LogP contribution in [0.2, 0.25) is 0 Å². The second-order valence-electron chi connectivity index (χ2n) is 8.40. The number of aliphatic hydroxyl groups excluding tert-OH is 3. The molecule has 3 rings (SSSR count). The van der Waals surface area contributed by atoms with E-state index in [-0.39, 0.29) is 23.4 Å². The molecule has 0 amide bonds. The molecule has 5 atom stereocenters. The Kier molecular flexibility index (Phi) is 4.11. The maximum atomic E-state index is 10.9. The molecule has 3 nitrogen and oxygen atoms in total. The van der Waals surface area contributed by atoms with Gasteiger partial charge in [-0.3, -0.25) is 0 Å².